The summed E-state index contributed by atoms with van der Waals surface area (Å²) in [5, 5.41) is 11.6. The fourth-order valence-corrected chi connectivity index (χ4v) is 1.73. The smallest absolute Gasteiger partial charge is 0.335 e. The highest BCUT2D eigenvalue weighted by molar-refractivity contribution is 5.88. The van der Waals surface area contributed by atoms with Crippen LogP contribution in [0.2, 0.25) is 0 Å². The van der Waals surface area contributed by atoms with Crippen molar-refractivity contribution in [3.05, 3.63) is 23.9 Å². The summed E-state index contributed by atoms with van der Waals surface area (Å²) in [6.07, 6.45) is 2.27. The quantitative estimate of drug-likeness (QED) is 0.760. The summed E-state index contributed by atoms with van der Waals surface area (Å²) in [7, 11) is 0. The molecule has 2 N–H and O–H groups in total. The Bertz CT molecular complexity index is 447. The second-order valence-corrected chi connectivity index (χ2v) is 3.83. The maximum Gasteiger partial charge on any atom is 0.335 e. The van der Waals surface area contributed by atoms with Gasteiger partial charge in [-0.2, -0.15) is 0 Å². The zero-order valence-electron chi connectivity index (χ0n) is 9.22. The van der Waals surface area contributed by atoms with Gasteiger partial charge in [-0.25, -0.2) is 9.78 Å². The number of carboxylic acids is 1. The number of aromatic carboxylic acids is 1. The number of hydrogen-bond acceptors (Lipinski definition) is 4. The summed E-state index contributed by atoms with van der Waals surface area (Å²) in [5.74, 6) is -0.528. The summed E-state index contributed by atoms with van der Waals surface area (Å²) < 4.78 is 0. The van der Waals surface area contributed by atoms with Gasteiger partial charge in [0.2, 0.25) is 5.91 Å². The lowest BCUT2D eigenvalue weighted by atomic mass is 10.2. The first-order valence-electron chi connectivity index (χ1n) is 5.38. The number of carbonyl (C=O) groups is 2. The Morgan fingerprint density at radius 3 is 3.12 bits per heavy atom. The molecule has 0 spiro atoms. The third kappa shape index (κ3) is 2.72. The molecule has 2 rings (SSSR count). The van der Waals surface area contributed by atoms with Gasteiger partial charge in [0.05, 0.1) is 12.1 Å². The molecule has 0 aliphatic carbocycles. The van der Waals surface area contributed by atoms with E-state index in [0.29, 0.717) is 18.9 Å². The van der Waals surface area contributed by atoms with Crippen molar-refractivity contribution >= 4 is 17.7 Å². The first-order chi connectivity index (χ1) is 8.16. The molecular weight excluding hydrogens is 222 g/mol. The standard InChI is InChI=1S/C11H13N3O3/c15-10-7-14(5-1-3-13-10)9-6-8(11(16)17)2-4-12-9/h2,4,6H,1,3,5,7H2,(H,13,15)(H,16,17). The average Bonchev–Trinajstić information content (AvgIpc) is 2.54. The number of carbonyl (C=O) groups excluding carboxylic acids is 1. The lowest BCUT2D eigenvalue weighted by Gasteiger charge is -2.19. The minimum absolute atomic E-state index is 0.0648. The van der Waals surface area contributed by atoms with Crippen LogP contribution in [0.4, 0.5) is 5.82 Å². The van der Waals surface area contributed by atoms with Crippen molar-refractivity contribution in [2.75, 3.05) is 24.5 Å². The fraction of sp³-hybridized carbons (Fsp3) is 0.364. The van der Waals surface area contributed by atoms with Crippen LogP contribution in [-0.2, 0) is 4.79 Å². The first-order valence-corrected chi connectivity index (χ1v) is 5.38. The minimum atomic E-state index is -0.993. The van der Waals surface area contributed by atoms with Crippen molar-refractivity contribution in [1.29, 1.82) is 0 Å². The largest absolute Gasteiger partial charge is 0.478 e. The molecule has 1 amide bonds. The van der Waals surface area contributed by atoms with E-state index in [-0.39, 0.29) is 18.0 Å². The predicted molar refractivity (Wildman–Crippen MR) is 61.0 cm³/mol. The molecule has 1 aliphatic rings. The third-order valence-electron chi connectivity index (χ3n) is 2.58. The van der Waals surface area contributed by atoms with E-state index in [0.717, 1.165) is 6.42 Å². The SMILES string of the molecule is O=C1CN(c2cc(C(=O)O)ccn2)CCCN1. The number of amides is 1. The van der Waals surface area contributed by atoms with Gasteiger partial charge in [0.15, 0.2) is 0 Å². The number of pyridine rings is 1. The number of hydrogen-bond donors (Lipinski definition) is 2. The van der Waals surface area contributed by atoms with Gasteiger partial charge in [-0.05, 0) is 18.6 Å². The topological polar surface area (TPSA) is 82.5 Å². The molecule has 0 radical (unpaired) electrons. The zero-order chi connectivity index (χ0) is 12.3. The van der Waals surface area contributed by atoms with Gasteiger partial charge >= 0.3 is 5.97 Å². The predicted octanol–water partition coefficient (Wildman–Crippen LogP) is 0.106. The molecule has 1 fully saturated rings. The normalized spacial score (nSPS) is 16.2. The van der Waals surface area contributed by atoms with Crippen LogP contribution in [0, 0.1) is 0 Å². The molecule has 2 heterocycles. The molecule has 0 atom stereocenters. The highest BCUT2D eigenvalue weighted by Crippen LogP contribution is 2.14. The molecule has 1 aliphatic heterocycles. The van der Waals surface area contributed by atoms with Crippen LogP contribution < -0.4 is 10.2 Å². The Labute approximate surface area is 98.3 Å². The Hall–Kier alpha value is -2.11. The summed E-state index contributed by atoms with van der Waals surface area (Å²) in [6, 6.07) is 2.92. The van der Waals surface area contributed by atoms with Gasteiger partial charge in [-0.1, -0.05) is 0 Å². The lowest BCUT2D eigenvalue weighted by Crippen LogP contribution is -2.33. The van der Waals surface area contributed by atoms with Crippen molar-refractivity contribution in [3.8, 4) is 0 Å². The second-order valence-electron chi connectivity index (χ2n) is 3.83. The van der Waals surface area contributed by atoms with Crippen molar-refractivity contribution in [3.63, 3.8) is 0 Å². The molecule has 0 aromatic carbocycles. The fourth-order valence-electron chi connectivity index (χ4n) is 1.73. The number of carboxylic acid groups (broad SMARTS) is 1. The number of anilines is 1. The highest BCUT2D eigenvalue weighted by atomic mass is 16.4. The van der Waals surface area contributed by atoms with Gasteiger partial charge in [0.25, 0.3) is 0 Å². The molecule has 0 saturated carbocycles. The van der Waals surface area contributed by atoms with Crippen LogP contribution in [-0.4, -0.2) is 41.6 Å². The van der Waals surface area contributed by atoms with Crippen LogP contribution in [0.15, 0.2) is 18.3 Å². The van der Waals surface area contributed by atoms with Crippen LogP contribution in [0.5, 0.6) is 0 Å². The highest BCUT2D eigenvalue weighted by Gasteiger charge is 2.16. The van der Waals surface area contributed by atoms with E-state index in [4.69, 9.17) is 5.11 Å². The molecule has 1 aromatic rings. The maximum absolute atomic E-state index is 11.4. The summed E-state index contributed by atoms with van der Waals surface area (Å²) in [6.45, 7) is 1.55. The second kappa shape index (κ2) is 4.82. The minimum Gasteiger partial charge on any atom is -0.478 e. The molecular formula is C11H13N3O3. The molecule has 17 heavy (non-hydrogen) atoms. The summed E-state index contributed by atoms with van der Waals surface area (Å²) in [5.41, 5.74) is 0.180. The van der Waals surface area contributed by atoms with Gasteiger partial charge in [0, 0.05) is 19.3 Å². The first kappa shape index (κ1) is 11.4. The molecule has 6 heteroatoms. The van der Waals surface area contributed by atoms with Gasteiger partial charge in [-0.3, -0.25) is 4.79 Å². The van der Waals surface area contributed by atoms with E-state index in [2.05, 4.69) is 10.3 Å². The average molecular weight is 235 g/mol. The van der Waals surface area contributed by atoms with Crippen LogP contribution in [0.25, 0.3) is 0 Å². The Morgan fingerprint density at radius 2 is 2.35 bits per heavy atom. The maximum atomic E-state index is 11.4. The van der Waals surface area contributed by atoms with Crippen molar-refractivity contribution in [2.45, 2.75) is 6.42 Å². The molecule has 0 unspecified atom stereocenters. The van der Waals surface area contributed by atoms with Crippen molar-refractivity contribution in [1.82, 2.24) is 10.3 Å². The third-order valence-corrected chi connectivity index (χ3v) is 2.58. The molecule has 0 bridgehead atoms. The van der Waals surface area contributed by atoms with E-state index in [9.17, 15) is 9.59 Å². The van der Waals surface area contributed by atoms with E-state index in [1.165, 1.54) is 18.3 Å². The Kier molecular flexibility index (Phi) is 3.22. The number of nitrogens with zero attached hydrogens (tertiary/aromatic N) is 2. The number of aromatic nitrogens is 1. The van der Waals surface area contributed by atoms with E-state index < -0.39 is 5.97 Å². The lowest BCUT2D eigenvalue weighted by molar-refractivity contribution is -0.119. The monoisotopic (exact) mass is 235 g/mol. The van der Waals surface area contributed by atoms with Crippen LogP contribution >= 0.6 is 0 Å². The summed E-state index contributed by atoms with van der Waals surface area (Å²) in [4.78, 5) is 28.1. The van der Waals surface area contributed by atoms with E-state index >= 15 is 0 Å². The Balaban J connectivity index is 2.23. The Morgan fingerprint density at radius 1 is 1.53 bits per heavy atom. The van der Waals surface area contributed by atoms with Crippen molar-refractivity contribution in [2.24, 2.45) is 0 Å². The number of nitrogens with one attached hydrogen (secondary N) is 1. The van der Waals surface area contributed by atoms with Gasteiger partial charge in [-0.15, -0.1) is 0 Å². The molecule has 1 saturated heterocycles. The van der Waals surface area contributed by atoms with Gasteiger partial charge < -0.3 is 15.3 Å². The van der Waals surface area contributed by atoms with Gasteiger partial charge in [0.1, 0.15) is 5.82 Å². The van der Waals surface area contributed by atoms with Crippen LogP contribution in [0.3, 0.4) is 0 Å². The van der Waals surface area contributed by atoms with E-state index in [1.54, 1.807) is 4.90 Å². The number of rotatable bonds is 2. The zero-order valence-corrected chi connectivity index (χ0v) is 9.22. The van der Waals surface area contributed by atoms with Crippen molar-refractivity contribution < 1.29 is 14.7 Å². The summed E-state index contributed by atoms with van der Waals surface area (Å²) >= 11 is 0. The molecule has 90 valence electrons. The molecule has 1 aromatic heterocycles. The van der Waals surface area contributed by atoms with E-state index in [1.807, 2.05) is 0 Å². The van der Waals surface area contributed by atoms with Crippen LogP contribution in [0.1, 0.15) is 16.8 Å². The molecule has 6 nitrogen and oxygen atoms in total.